The van der Waals surface area contributed by atoms with Gasteiger partial charge >= 0.3 is 0 Å². The summed E-state index contributed by atoms with van der Waals surface area (Å²) in [7, 11) is 3.97. The molecule has 3 atom stereocenters. The summed E-state index contributed by atoms with van der Waals surface area (Å²) in [5, 5.41) is 0. The number of likely N-dealkylation sites (N-methyl/N-ethyl adjacent to an activating group) is 1. The van der Waals surface area contributed by atoms with Crippen LogP contribution >= 0.6 is 0 Å². The summed E-state index contributed by atoms with van der Waals surface area (Å²) in [6.07, 6.45) is 3.59. The first-order valence-corrected chi connectivity index (χ1v) is 7.21. The monoisotopic (exact) mass is 262 g/mol. The quantitative estimate of drug-likeness (QED) is 0.855. The molecule has 2 rings (SSSR count). The zero-order chi connectivity index (χ0) is 13.8. The number of methoxy groups -OCH3 is 1. The third-order valence-corrected chi connectivity index (χ3v) is 4.61. The summed E-state index contributed by atoms with van der Waals surface area (Å²) in [5.41, 5.74) is 7.10. The first-order valence-electron chi connectivity index (χ1n) is 7.21. The first-order chi connectivity index (χ1) is 9.17. The zero-order valence-electron chi connectivity index (χ0n) is 12.3. The summed E-state index contributed by atoms with van der Waals surface area (Å²) >= 11 is 0. The maximum atomic E-state index is 5.81. The summed E-state index contributed by atoms with van der Waals surface area (Å²) in [6.45, 7) is 3.11. The van der Waals surface area contributed by atoms with E-state index in [9.17, 15) is 0 Å². The fraction of sp³-hybridized carbons (Fsp3) is 0.625. The number of nitrogens with two attached hydrogens (primary N) is 1. The van der Waals surface area contributed by atoms with E-state index in [4.69, 9.17) is 10.5 Å². The van der Waals surface area contributed by atoms with Gasteiger partial charge in [-0.1, -0.05) is 18.2 Å². The van der Waals surface area contributed by atoms with E-state index in [1.165, 1.54) is 18.4 Å². The number of ether oxygens (including phenoxy) is 1. The van der Waals surface area contributed by atoms with E-state index >= 15 is 0 Å². The van der Waals surface area contributed by atoms with Crippen molar-refractivity contribution >= 4 is 0 Å². The molecule has 0 aliphatic heterocycles. The number of hydrogen-bond acceptors (Lipinski definition) is 3. The number of para-hydroxylation sites is 1. The van der Waals surface area contributed by atoms with Crippen molar-refractivity contribution < 1.29 is 4.74 Å². The number of nitrogens with zero attached hydrogens (tertiary/aromatic N) is 1. The van der Waals surface area contributed by atoms with Gasteiger partial charge in [0.05, 0.1) is 7.11 Å². The van der Waals surface area contributed by atoms with E-state index in [1.54, 1.807) is 7.11 Å². The van der Waals surface area contributed by atoms with E-state index in [-0.39, 0.29) is 0 Å². The molecule has 3 unspecified atom stereocenters. The van der Waals surface area contributed by atoms with Gasteiger partial charge in [-0.05, 0) is 57.3 Å². The fourth-order valence-corrected chi connectivity index (χ4v) is 3.02. The van der Waals surface area contributed by atoms with Gasteiger partial charge in [-0.2, -0.15) is 0 Å². The van der Waals surface area contributed by atoms with Crippen molar-refractivity contribution in [2.24, 2.45) is 11.7 Å². The third kappa shape index (κ3) is 3.10. The van der Waals surface area contributed by atoms with E-state index in [2.05, 4.69) is 31.0 Å². The van der Waals surface area contributed by atoms with E-state index in [1.807, 2.05) is 12.1 Å². The van der Waals surface area contributed by atoms with Gasteiger partial charge in [-0.15, -0.1) is 0 Å². The molecule has 0 bridgehead atoms. The average molecular weight is 262 g/mol. The standard InChI is InChI=1S/C16H26N2O/c1-12(18(2)15-9-8-14(15)11-17)10-13-6-4-5-7-16(13)19-3/h4-7,12,14-15H,8-11,17H2,1-3H3. The minimum Gasteiger partial charge on any atom is -0.496 e. The van der Waals surface area contributed by atoms with Crippen molar-refractivity contribution in [3.63, 3.8) is 0 Å². The normalized spacial score (nSPS) is 24.1. The Morgan fingerprint density at radius 3 is 2.68 bits per heavy atom. The number of rotatable bonds is 6. The Hall–Kier alpha value is -1.06. The minimum absolute atomic E-state index is 0.510. The van der Waals surface area contributed by atoms with E-state index in [0.29, 0.717) is 18.0 Å². The number of benzene rings is 1. The van der Waals surface area contributed by atoms with Crippen LogP contribution in [-0.2, 0) is 6.42 Å². The molecule has 2 N–H and O–H groups in total. The molecule has 1 aromatic rings. The van der Waals surface area contributed by atoms with Crippen molar-refractivity contribution in [2.45, 2.75) is 38.3 Å². The third-order valence-electron chi connectivity index (χ3n) is 4.61. The molecule has 19 heavy (non-hydrogen) atoms. The van der Waals surface area contributed by atoms with Crippen LogP contribution in [0.1, 0.15) is 25.3 Å². The van der Waals surface area contributed by atoms with Crippen molar-refractivity contribution in [3.8, 4) is 5.75 Å². The second-order valence-corrected chi connectivity index (χ2v) is 5.67. The molecule has 3 heteroatoms. The van der Waals surface area contributed by atoms with Crippen LogP contribution in [0.2, 0.25) is 0 Å². The Kier molecular flexibility index (Phi) is 4.83. The van der Waals surface area contributed by atoms with Crippen LogP contribution in [-0.4, -0.2) is 37.7 Å². The van der Waals surface area contributed by atoms with Gasteiger partial charge in [0.2, 0.25) is 0 Å². The number of hydrogen-bond donors (Lipinski definition) is 1. The molecule has 1 aliphatic carbocycles. The van der Waals surface area contributed by atoms with Crippen molar-refractivity contribution in [2.75, 3.05) is 20.7 Å². The molecular weight excluding hydrogens is 236 g/mol. The molecule has 0 spiro atoms. The van der Waals surface area contributed by atoms with Crippen LogP contribution in [0.25, 0.3) is 0 Å². The average Bonchev–Trinajstić information content (AvgIpc) is 2.38. The zero-order valence-corrected chi connectivity index (χ0v) is 12.3. The van der Waals surface area contributed by atoms with E-state index < -0.39 is 0 Å². The molecule has 0 saturated heterocycles. The van der Waals surface area contributed by atoms with Gasteiger partial charge in [0.1, 0.15) is 5.75 Å². The maximum absolute atomic E-state index is 5.81. The van der Waals surface area contributed by atoms with Crippen LogP contribution in [0.5, 0.6) is 5.75 Å². The molecule has 0 amide bonds. The largest absolute Gasteiger partial charge is 0.496 e. The summed E-state index contributed by atoms with van der Waals surface area (Å²) in [4.78, 5) is 2.49. The van der Waals surface area contributed by atoms with Crippen molar-refractivity contribution in [3.05, 3.63) is 29.8 Å². The lowest BCUT2D eigenvalue weighted by molar-refractivity contribution is 0.0598. The van der Waals surface area contributed by atoms with Crippen LogP contribution < -0.4 is 10.5 Å². The van der Waals surface area contributed by atoms with Gasteiger partial charge in [-0.25, -0.2) is 0 Å². The predicted octanol–water partition coefficient (Wildman–Crippen LogP) is 2.30. The Labute approximate surface area is 116 Å². The SMILES string of the molecule is COc1ccccc1CC(C)N(C)C1CCC1CN. The smallest absolute Gasteiger partial charge is 0.122 e. The highest BCUT2D eigenvalue weighted by atomic mass is 16.5. The molecule has 106 valence electrons. The lowest BCUT2D eigenvalue weighted by atomic mass is 9.78. The molecule has 0 radical (unpaired) electrons. The highest BCUT2D eigenvalue weighted by molar-refractivity contribution is 5.33. The Morgan fingerprint density at radius 1 is 1.37 bits per heavy atom. The molecule has 1 aliphatic rings. The molecule has 3 nitrogen and oxygen atoms in total. The van der Waals surface area contributed by atoms with Crippen LogP contribution in [0, 0.1) is 5.92 Å². The topological polar surface area (TPSA) is 38.5 Å². The Morgan fingerprint density at radius 2 is 2.11 bits per heavy atom. The van der Waals surface area contributed by atoms with Crippen LogP contribution in [0.4, 0.5) is 0 Å². The van der Waals surface area contributed by atoms with Gasteiger partial charge in [0.25, 0.3) is 0 Å². The highest BCUT2D eigenvalue weighted by Crippen LogP contribution is 2.32. The van der Waals surface area contributed by atoms with Crippen molar-refractivity contribution in [1.29, 1.82) is 0 Å². The first kappa shape index (κ1) is 14.4. The summed E-state index contributed by atoms with van der Waals surface area (Å²) in [6, 6.07) is 9.47. The van der Waals surface area contributed by atoms with Crippen molar-refractivity contribution in [1.82, 2.24) is 4.90 Å². The second-order valence-electron chi connectivity index (χ2n) is 5.67. The van der Waals surface area contributed by atoms with Crippen LogP contribution in [0.15, 0.2) is 24.3 Å². The van der Waals surface area contributed by atoms with Gasteiger partial charge < -0.3 is 15.4 Å². The molecule has 1 fully saturated rings. The minimum atomic E-state index is 0.510. The maximum Gasteiger partial charge on any atom is 0.122 e. The Bertz CT molecular complexity index is 405. The van der Waals surface area contributed by atoms with Gasteiger partial charge in [0.15, 0.2) is 0 Å². The summed E-state index contributed by atoms with van der Waals surface area (Å²) in [5.74, 6) is 1.68. The van der Waals surface area contributed by atoms with Gasteiger partial charge in [-0.3, -0.25) is 0 Å². The molecular formula is C16H26N2O. The molecule has 1 saturated carbocycles. The van der Waals surface area contributed by atoms with Crippen LogP contribution in [0.3, 0.4) is 0 Å². The molecule has 0 heterocycles. The second kappa shape index (κ2) is 6.40. The lowest BCUT2D eigenvalue weighted by Gasteiger charge is -2.45. The molecule has 1 aromatic carbocycles. The lowest BCUT2D eigenvalue weighted by Crippen LogP contribution is -2.51. The predicted molar refractivity (Wildman–Crippen MR) is 79.5 cm³/mol. The van der Waals surface area contributed by atoms with E-state index in [0.717, 1.165) is 18.7 Å². The summed E-state index contributed by atoms with van der Waals surface area (Å²) < 4.78 is 5.43. The Balaban J connectivity index is 1.98. The molecule has 0 aromatic heterocycles. The highest BCUT2D eigenvalue weighted by Gasteiger charge is 2.34. The fourth-order valence-electron chi connectivity index (χ4n) is 3.02. The van der Waals surface area contributed by atoms with Gasteiger partial charge in [0, 0.05) is 12.1 Å².